The Labute approximate surface area is 113 Å². The number of ether oxygens (including phenoxy) is 1. The molecule has 2 rings (SSSR count). The maximum absolute atomic E-state index is 13.9. The third-order valence-corrected chi connectivity index (χ3v) is 3.42. The summed E-state index contributed by atoms with van der Waals surface area (Å²) < 4.78 is 33.4. The minimum Gasteiger partial charge on any atom is -0.368 e. The van der Waals surface area contributed by atoms with Crippen molar-refractivity contribution in [3.8, 4) is 0 Å². The van der Waals surface area contributed by atoms with Crippen LogP contribution >= 0.6 is 0 Å². The molecule has 0 radical (unpaired) electrons. The lowest BCUT2D eigenvalue weighted by molar-refractivity contribution is -0.0489. The molecule has 2 atom stereocenters. The lowest BCUT2D eigenvalue weighted by Gasteiger charge is -2.32. The molecular weight excluding hydrogens is 248 g/mol. The van der Waals surface area contributed by atoms with Crippen molar-refractivity contribution in [1.82, 2.24) is 5.32 Å². The summed E-state index contributed by atoms with van der Waals surface area (Å²) in [7, 11) is 0. The molecule has 2 nitrogen and oxygen atoms in total. The van der Waals surface area contributed by atoms with Crippen molar-refractivity contribution >= 4 is 0 Å². The summed E-state index contributed by atoms with van der Waals surface area (Å²) in [6, 6.07) is 2.49. The zero-order valence-electron chi connectivity index (χ0n) is 11.7. The molecule has 1 saturated heterocycles. The Bertz CT molecular complexity index is 448. The Balaban J connectivity index is 2.15. The Morgan fingerprint density at radius 1 is 1.26 bits per heavy atom. The molecule has 1 N–H and O–H groups in total. The van der Waals surface area contributed by atoms with Crippen LogP contribution in [-0.2, 0) is 4.74 Å². The first-order valence-corrected chi connectivity index (χ1v) is 6.79. The lowest BCUT2D eigenvalue weighted by Crippen LogP contribution is -2.41. The highest BCUT2D eigenvalue weighted by Gasteiger charge is 2.26. The van der Waals surface area contributed by atoms with Crippen molar-refractivity contribution in [2.45, 2.75) is 39.4 Å². The second-order valence-corrected chi connectivity index (χ2v) is 5.66. The van der Waals surface area contributed by atoms with Crippen LogP contribution in [0.15, 0.2) is 12.1 Å². The molecule has 1 aliphatic rings. The maximum atomic E-state index is 13.9. The fourth-order valence-electron chi connectivity index (χ4n) is 2.46. The molecule has 0 aromatic heterocycles. The number of nitrogens with one attached hydrogen (secondary N) is 1. The van der Waals surface area contributed by atoms with E-state index in [0.717, 1.165) is 13.0 Å². The Kier molecular flexibility index (Phi) is 4.53. The SMILES string of the molecule is Cc1cc(F)c(C2CNCC(CC(C)C)O2)cc1F. The molecular formula is C15H21F2NO. The minimum absolute atomic E-state index is 0.0579. The molecule has 106 valence electrons. The molecule has 2 unspecified atom stereocenters. The zero-order valence-corrected chi connectivity index (χ0v) is 11.7. The molecule has 0 saturated carbocycles. The first-order valence-electron chi connectivity index (χ1n) is 6.79. The van der Waals surface area contributed by atoms with Crippen LogP contribution in [0.5, 0.6) is 0 Å². The molecule has 1 aliphatic heterocycles. The third-order valence-electron chi connectivity index (χ3n) is 3.42. The van der Waals surface area contributed by atoms with Crippen LogP contribution < -0.4 is 5.32 Å². The second kappa shape index (κ2) is 5.97. The van der Waals surface area contributed by atoms with Crippen LogP contribution in [-0.4, -0.2) is 19.2 Å². The summed E-state index contributed by atoms with van der Waals surface area (Å²) in [5.41, 5.74) is 0.632. The Hall–Kier alpha value is -1.00. The van der Waals surface area contributed by atoms with Gasteiger partial charge in [0, 0.05) is 18.7 Å². The largest absolute Gasteiger partial charge is 0.368 e. The van der Waals surface area contributed by atoms with Gasteiger partial charge in [-0.15, -0.1) is 0 Å². The normalized spacial score (nSPS) is 23.9. The summed E-state index contributed by atoms with van der Waals surface area (Å²) in [4.78, 5) is 0. The smallest absolute Gasteiger partial charge is 0.129 e. The highest BCUT2D eigenvalue weighted by atomic mass is 19.1. The summed E-state index contributed by atoms with van der Waals surface area (Å²) in [5, 5.41) is 3.24. The van der Waals surface area contributed by atoms with Gasteiger partial charge >= 0.3 is 0 Å². The van der Waals surface area contributed by atoms with E-state index in [9.17, 15) is 8.78 Å². The second-order valence-electron chi connectivity index (χ2n) is 5.66. The summed E-state index contributed by atoms with van der Waals surface area (Å²) in [5.74, 6) is -0.257. The number of hydrogen-bond acceptors (Lipinski definition) is 2. The number of rotatable bonds is 3. The summed E-state index contributed by atoms with van der Waals surface area (Å²) >= 11 is 0. The summed E-state index contributed by atoms with van der Waals surface area (Å²) in [6.45, 7) is 7.10. The van der Waals surface area contributed by atoms with Gasteiger partial charge in [0.15, 0.2) is 0 Å². The van der Waals surface area contributed by atoms with Crippen molar-refractivity contribution in [3.63, 3.8) is 0 Å². The van der Waals surface area contributed by atoms with E-state index in [1.807, 2.05) is 0 Å². The fourth-order valence-corrected chi connectivity index (χ4v) is 2.46. The first-order chi connectivity index (χ1) is 8.97. The number of benzene rings is 1. The van der Waals surface area contributed by atoms with Crippen LogP contribution in [0.2, 0.25) is 0 Å². The van der Waals surface area contributed by atoms with Crippen molar-refractivity contribution in [2.75, 3.05) is 13.1 Å². The van der Waals surface area contributed by atoms with E-state index in [2.05, 4.69) is 19.2 Å². The van der Waals surface area contributed by atoms with E-state index in [1.54, 1.807) is 6.92 Å². The van der Waals surface area contributed by atoms with E-state index in [4.69, 9.17) is 4.74 Å². The fraction of sp³-hybridized carbons (Fsp3) is 0.600. The van der Waals surface area contributed by atoms with Gasteiger partial charge in [-0.05, 0) is 37.0 Å². The van der Waals surface area contributed by atoms with Gasteiger partial charge in [0.2, 0.25) is 0 Å². The maximum Gasteiger partial charge on any atom is 0.129 e. The molecule has 1 aromatic rings. The molecule has 1 fully saturated rings. The van der Waals surface area contributed by atoms with Gasteiger partial charge in [-0.2, -0.15) is 0 Å². The molecule has 1 heterocycles. The van der Waals surface area contributed by atoms with Crippen molar-refractivity contribution in [1.29, 1.82) is 0 Å². The quantitative estimate of drug-likeness (QED) is 0.908. The predicted octanol–water partition coefficient (Wildman–Crippen LogP) is 3.35. The molecule has 0 amide bonds. The molecule has 1 aromatic carbocycles. The Morgan fingerprint density at radius 3 is 2.68 bits per heavy atom. The van der Waals surface area contributed by atoms with Crippen molar-refractivity contribution in [3.05, 3.63) is 34.9 Å². The van der Waals surface area contributed by atoms with Gasteiger partial charge < -0.3 is 10.1 Å². The average molecular weight is 269 g/mol. The van der Waals surface area contributed by atoms with Crippen LogP contribution in [0.25, 0.3) is 0 Å². The van der Waals surface area contributed by atoms with Gasteiger partial charge in [0.25, 0.3) is 0 Å². The van der Waals surface area contributed by atoms with Gasteiger partial charge in [0.05, 0.1) is 12.2 Å². The lowest BCUT2D eigenvalue weighted by atomic mass is 10.0. The van der Waals surface area contributed by atoms with Gasteiger partial charge in [0.1, 0.15) is 11.6 Å². The van der Waals surface area contributed by atoms with E-state index < -0.39 is 11.9 Å². The number of aryl methyl sites for hydroxylation is 1. The molecule has 0 aliphatic carbocycles. The minimum atomic E-state index is -0.410. The Morgan fingerprint density at radius 2 is 2.00 bits per heavy atom. The van der Waals surface area contributed by atoms with Crippen LogP contribution in [0.1, 0.15) is 37.5 Å². The van der Waals surface area contributed by atoms with Crippen LogP contribution in [0, 0.1) is 24.5 Å². The molecule has 0 spiro atoms. The van der Waals surface area contributed by atoms with E-state index in [-0.39, 0.29) is 11.9 Å². The van der Waals surface area contributed by atoms with Gasteiger partial charge in [-0.1, -0.05) is 13.8 Å². The molecule has 0 bridgehead atoms. The highest BCUT2D eigenvalue weighted by Crippen LogP contribution is 2.27. The molecule has 4 heteroatoms. The predicted molar refractivity (Wildman–Crippen MR) is 71.0 cm³/mol. The van der Waals surface area contributed by atoms with Gasteiger partial charge in [-0.3, -0.25) is 0 Å². The number of hydrogen-bond donors (Lipinski definition) is 1. The summed E-state index contributed by atoms with van der Waals surface area (Å²) in [6.07, 6.45) is 0.564. The van der Waals surface area contributed by atoms with E-state index in [1.165, 1.54) is 12.1 Å². The van der Waals surface area contributed by atoms with Crippen LogP contribution in [0.4, 0.5) is 8.78 Å². The zero-order chi connectivity index (χ0) is 14.0. The number of halogens is 2. The standard InChI is InChI=1S/C15H21F2NO/c1-9(2)4-11-7-18-8-15(19-11)12-6-13(16)10(3)5-14(12)17/h5-6,9,11,15,18H,4,7-8H2,1-3H3. The average Bonchev–Trinajstić information content (AvgIpc) is 2.33. The van der Waals surface area contributed by atoms with E-state index in [0.29, 0.717) is 23.6 Å². The topological polar surface area (TPSA) is 21.3 Å². The first kappa shape index (κ1) is 14.4. The highest BCUT2D eigenvalue weighted by molar-refractivity contribution is 5.27. The van der Waals surface area contributed by atoms with Crippen molar-refractivity contribution in [2.24, 2.45) is 5.92 Å². The van der Waals surface area contributed by atoms with Gasteiger partial charge in [-0.25, -0.2) is 8.78 Å². The number of morpholine rings is 1. The van der Waals surface area contributed by atoms with E-state index >= 15 is 0 Å². The monoisotopic (exact) mass is 269 g/mol. The molecule has 19 heavy (non-hydrogen) atoms. The third kappa shape index (κ3) is 3.51. The van der Waals surface area contributed by atoms with Crippen molar-refractivity contribution < 1.29 is 13.5 Å². The van der Waals surface area contributed by atoms with Crippen LogP contribution in [0.3, 0.4) is 0 Å².